The van der Waals surface area contributed by atoms with Crippen LogP contribution in [-0.4, -0.2) is 37.2 Å². The zero-order valence-electron chi connectivity index (χ0n) is 11.2. The predicted molar refractivity (Wildman–Crippen MR) is 67.6 cm³/mol. The Balaban J connectivity index is 2.72. The van der Waals surface area contributed by atoms with Crippen molar-refractivity contribution in [2.75, 3.05) is 20.0 Å². The molecule has 0 atom stereocenters. The van der Waals surface area contributed by atoms with Crippen LogP contribution in [0, 0.1) is 0 Å². The molecule has 0 saturated carbocycles. The highest BCUT2D eigenvalue weighted by Crippen LogP contribution is 2.28. The lowest BCUT2D eigenvalue weighted by atomic mass is 10.2. The maximum atomic E-state index is 11.9. The van der Waals surface area contributed by atoms with Crippen LogP contribution >= 0.6 is 0 Å². The third-order valence-electron chi connectivity index (χ3n) is 2.21. The Morgan fingerprint density at radius 2 is 2.00 bits per heavy atom. The van der Waals surface area contributed by atoms with Gasteiger partial charge in [-0.15, -0.1) is 0 Å². The molecule has 21 heavy (non-hydrogen) atoms. The lowest BCUT2D eigenvalue weighted by molar-refractivity contribution is -0.186. The van der Waals surface area contributed by atoms with E-state index in [9.17, 15) is 13.2 Å². The number of alkyl halides is 3. The van der Waals surface area contributed by atoms with Crippen LogP contribution in [0.1, 0.15) is 12.5 Å². The van der Waals surface area contributed by atoms with Crippen molar-refractivity contribution in [1.29, 1.82) is 0 Å². The first-order valence-electron chi connectivity index (χ1n) is 5.89. The minimum Gasteiger partial charge on any atom is -0.490 e. The van der Waals surface area contributed by atoms with E-state index in [4.69, 9.17) is 20.4 Å². The average Bonchev–Trinajstić information content (AvgIpc) is 2.43. The minimum atomic E-state index is -4.41. The van der Waals surface area contributed by atoms with Crippen LogP contribution in [0.5, 0.6) is 11.5 Å². The van der Waals surface area contributed by atoms with Crippen LogP contribution in [-0.2, 0) is 4.74 Å². The molecule has 9 heteroatoms. The van der Waals surface area contributed by atoms with E-state index in [1.165, 1.54) is 18.2 Å². The molecule has 0 radical (unpaired) electrons. The summed E-state index contributed by atoms with van der Waals surface area (Å²) < 4.78 is 50.4. The van der Waals surface area contributed by atoms with E-state index in [1.54, 1.807) is 6.92 Å². The van der Waals surface area contributed by atoms with Gasteiger partial charge in [0.25, 0.3) is 0 Å². The number of oxime groups is 1. The van der Waals surface area contributed by atoms with Crippen molar-refractivity contribution in [1.82, 2.24) is 0 Å². The summed E-state index contributed by atoms with van der Waals surface area (Å²) in [6, 6.07) is 4.34. The van der Waals surface area contributed by atoms with Crippen molar-refractivity contribution in [3.63, 3.8) is 0 Å². The van der Waals surface area contributed by atoms with Crippen LogP contribution < -0.4 is 15.2 Å². The quantitative estimate of drug-likeness (QED) is 0.201. The Kier molecular flexibility index (Phi) is 6.10. The fourth-order valence-electron chi connectivity index (χ4n) is 1.38. The SMILES string of the molecule is CCOc1cc(/C(N)=N/O)ccc1OCOCC(F)(F)F. The van der Waals surface area contributed by atoms with Gasteiger partial charge in [-0.3, -0.25) is 0 Å². The number of hydrogen-bond acceptors (Lipinski definition) is 5. The summed E-state index contributed by atoms with van der Waals surface area (Å²) in [5.41, 5.74) is 5.81. The first kappa shape index (κ1) is 16.9. The highest BCUT2D eigenvalue weighted by Gasteiger charge is 2.27. The molecule has 118 valence electrons. The Morgan fingerprint density at radius 1 is 1.29 bits per heavy atom. The molecule has 0 spiro atoms. The number of nitrogens with zero attached hydrogens (tertiary/aromatic N) is 1. The van der Waals surface area contributed by atoms with E-state index >= 15 is 0 Å². The number of hydrogen-bond donors (Lipinski definition) is 2. The number of halogens is 3. The zero-order chi connectivity index (χ0) is 15.9. The second-order valence-electron chi connectivity index (χ2n) is 3.81. The maximum absolute atomic E-state index is 11.9. The Hall–Kier alpha value is -2.16. The number of benzene rings is 1. The lowest BCUT2D eigenvalue weighted by Crippen LogP contribution is -2.19. The molecule has 0 amide bonds. The fourth-order valence-corrected chi connectivity index (χ4v) is 1.38. The number of ether oxygens (including phenoxy) is 3. The van der Waals surface area contributed by atoms with Gasteiger partial charge in [-0.25, -0.2) is 0 Å². The average molecular weight is 308 g/mol. The number of amidine groups is 1. The second kappa shape index (κ2) is 7.58. The van der Waals surface area contributed by atoms with Gasteiger partial charge in [-0.05, 0) is 25.1 Å². The fraction of sp³-hybridized carbons (Fsp3) is 0.417. The topological polar surface area (TPSA) is 86.3 Å². The molecule has 0 unspecified atom stereocenters. The summed E-state index contributed by atoms with van der Waals surface area (Å²) in [5, 5.41) is 11.4. The molecule has 1 rings (SSSR count). The second-order valence-corrected chi connectivity index (χ2v) is 3.81. The molecule has 0 aliphatic rings. The van der Waals surface area contributed by atoms with E-state index in [2.05, 4.69) is 9.89 Å². The van der Waals surface area contributed by atoms with Gasteiger partial charge in [-0.2, -0.15) is 13.2 Å². The largest absolute Gasteiger partial charge is 0.490 e. The molecule has 6 nitrogen and oxygen atoms in total. The molecule has 1 aromatic carbocycles. The Bertz CT molecular complexity index is 492. The van der Waals surface area contributed by atoms with Crippen molar-refractivity contribution in [2.45, 2.75) is 13.1 Å². The van der Waals surface area contributed by atoms with Crippen LogP contribution in [0.15, 0.2) is 23.4 Å². The Morgan fingerprint density at radius 3 is 2.57 bits per heavy atom. The van der Waals surface area contributed by atoms with Gasteiger partial charge in [0.2, 0.25) is 0 Å². The number of nitrogens with two attached hydrogens (primary N) is 1. The van der Waals surface area contributed by atoms with Gasteiger partial charge in [-0.1, -0.05) is 5.16 Å². The van der Waals surface area contributed by atoms with Crippen LogP contribution in [0.3, 0.4) is 0 Å². The lowest BCUT2D eigenvalue weighted by Gasteiger charge is -2.13. The summed E-state index contributed by atoms with van der Waals surface area (Å²) in [4.78, 5) is 0. The molecule has 0 bridgehead atoms. The van der Waals surface area contributed by atoms with Gasteiger partial charge in [0.15, 0.2) is 24.1 Å². The van der Waals surface area contributed by atoms with Crippen molar-refractivity contribution < 1.29 is 32.6 Å². The Labute approximate surface area is 118 Å². The summed E-state index contributed by atoms with van der Waals surface area (Å²) in [6.45, 7) is 0.0428. The third-order valence-corrected chi connectivity index (χ3v) is 2.21. The van der Waals surface area contributed by atoms with Crippen molar-refractivity contribution in [3.8, 4) is 11.5 Å². The van der Waals surface area contributed by atoms with Gasteiger partial charge >= 0.3 is 6.18 Å². The molecular weight excluding hydrogens is 293 g/mol. The van der Waals surface area contributed by atoms with Gasteiger partial charge in [0, 0.05) is 5.56 Å². The van der Waals surface area contributed by atoms with Crippen molar-refractivity contribution in [3.05, 3.63) is 23.8 Å². The first-order valence-corrected chi connectivity index (χ1v) is 5.89. The molecule has 0 aromatic heterocycles. The van der Waals surface area contributed by atoms with Crippen LogP contribution in [0.4, 0.5) is 13.2 Å². The van der Waals surface area contributed by atoms with E-state index < -0.39 is 19.6 Å². The van der Waals surface area contributed by atoms with E-state index in [0.717, 1.165) is 0 Å². The molecule has 3 N–H and O–H groups in total. The molecule has 0 aliphatic carbocycles. The predicted octanol–water partition coefficient (Wildman–Crippen LogP) is 2.10. The summed E-state index contributed by atoms with van der Waals surface area (Å²) in [6.07, 6.45) is -4.41. The first-order chi connectivity index (χ1) is 9.87. The number of rotatable bonds is 7. The van der Waals surface area contributed by atoms with Crippen LogP contribution in [0.25, 0.3) is 0 Å². The monoisotopic (exact) mass is 308 g/mol. The third kappa shape index (κ3) is 5.78. The summed E-state index contributed by atoms with van der Waals surface area (Å²) >= 11 is 0. The maximum Gasteiger partial charge on any atom is 0.411 e. The molecular formula is C12H15F3N2O4. The molecule has 0 saturated heterocycles. The van der Waals surface area contributed by atoms with Crippen molar-refractivity contribution in [2.24, 2.45) is 10.9 Å². The zero-order valence-corrected chi connectivity index (χ0v) is 11.2. The molecule has 0 heterocycles. The van der Waals surface area contributed by atoms with Gasteiger partial charge in [0.05, 0.1) is 6.61 Å². The highest BCUT2D eigenvalue weighted by molar-refractivity contribution is 5.97. The normalized spacial score (nSPS) is 12.3. The van der Waals surface area contributed by atoms with Crippen molar-refractivity contribution >= 4 is 5.84 Å². The smallest absolute Gasteiger partial charge is 0.411 e. The molecule has 0 aliphatic heterocycles. The van der Waals surface area contributed by atoms with Crippen LogP contribution in [0.2, 0.25) is 0 Å². The minimum absolute atomic E-state index is 0.129. The summed E-state index contributed by atoms with van der Waals surface area (Å²) in [5.74, 6) is 0.307. The molecule has 1 aromatic rings. The standard InChI is InChI=1S/C12H15F3N2O4/c1-2-20-10-5-8(11(16)17-18)3-4-9(10)21-7-19-6-12(13,14)15/h3-5,18H,2,6-7H2,1H3,(H2,16,17). The van der Waals surface area contributed by atoms with E-state index in [-0.39, 0.29) is 17.3 Å². The summed E-state index contributed by atoms with van der Waals surface area (Å²) in [7, 11) is 0. The van der Waals surface area contributed by atoms with Gasteiger partial charge < -0.3 is 25.2 Å². The molecule has 0 fully saturated rings. The van der Waals surface area contributed by atoms with E-state index in [1.807, 2.05) is 0 Å². The highest BCUT2D eigenvalue weighted by atomic mass is 19.4. The van der Waals surface area contributed by atoms with Gasteiger partial charge in [0.1, 0.15) is 6.61 Å². The van der Waals surface area contributed by atoms with E-state index in [0.29, 0.717) is 12.2 Å².